The van der Waals surface area contributed by atoms with Gasteiger partial charge >= 0.3 is 5.97 Å². The quantitative estimate of drug-likeness (QED) is 0.516. The predicted octanol–water partition coefficient (Wildman–Crippen LogP) is 5.77. The first-order valence-electron chi connectivity index (χ1n) is 8.05. The van der Waals surface area contributed by atoms with Gasteiger partial charge in [-0.2, -0.15) is 0 Å². The van der Waals surface area contributed by atoms with Gasteiger partial charge in [0.15, 0.2) is 0 Å². The number of benzene rings is 2. The molecule has 0 spiro atoms. The lowest BCUT2D eigenvalue weighted by molar-refractivity contribution is 0.0603. The van der Waals surface area contributed by atoms with E-state index in [1.54, 1.807) is 41.8 Å². The van der Waals surface area contributed by atoms with Gasteiger partial charge in [-0.05, 0) is 35.9 Å². The van der Waals surface area contributed by atoms with Crippen LogP contribution < -0.4 is 10.1 Å². The van der Waals surface area contributed by atoms with Crippen molar-refractivity contribution in [3.63, 3.8) is 0 Å². The number of amides is 1. The predicted molar refractivity (Wildman–Crippen MR) is 112 cm³/mol. The highest BCUT2D eigenvalue weighted by Crippen LogP contribution is 2.37. The van der Waals surface area contributed by atoms with Crippen molar-refractivity contribution in [3.8, 4) is 16.9 Å². The summed E-state index contributed by atoms with van der Waals surface area (Å²) in [5.74, 6) is -0.635. The minimum atomic E-state index is -0.556. The van der Waals surface area contributed by atoms with E-state index in [0.717, 1.165) is 5.56 Å². The topological polar surface area (TPSA) is 64.6 Å². The monoisotopic (exact) mass is 435 g/mol. The van der Waals surface area contributed by atoms with Gasteiger partial charge in [-0.1, -0.05) is 35.3 Å². The maximum Gasteiger partial charge on any atom is 0.341 e. The number of methoxy groups -OCH3 is 2. The summed E-state index contributed by atoms with van der Waals surface area (Å²) < 4.78 is 10.1. The molecule has 0 fully saturated rings. The van der Waals surface area contributed by atoms with E-state index in [1.165, 1.54) is 31.6 Å². The molecular formula is C20H15Cl2NO4S. The number of anilines is 1. The molecule has 0 unspecified atom stereocenters. The van der Waals surface area contributed by atoms with Gasteiger partial charge in [-0.15, -0.1) is 11.3 Å². The van der Waals surface area contributed by atoms with Crippen molar-refractivity contribution in [1.82, 2.24) is 0 Å². The highest BCUT2D eigenvalue weighted by atomic mass is 35.5. The first kappa shape index (κ1) is 20.2. The van der Waals surface area contributed by atoms with E-state index in [9.17, 15) is 9.59 Å². The fourth-order valence-corrected chi connectivity index (χ4v) is 3.88. The number of thiophene rings is 1. The number of rotatable bonds is 5. The maximum atomic E-state index is 12.8. The summed E-state index contributed by atoms with van der Waals surface area (Å²) >= 11 is 13.2. The van der Waals surface area contributed by atoms with E-state index in [4.69, 9.17) is 32.7 Å². The molecule has 0 bridgehead atoms. The lowest BCUT2D eigenvalue weighted by Gasteiger charge is -2.10. The van der Waals surface area contributed by atoms with Crippen LogP contribution in [-0.2, 0) is 4.74 Å². The number of nitrogens with one attached hydrogen (secondary N) is 1. The van der Waals surface area contributed by atoms with E-state index in [0.29, 0.717) is 26.4 Å². The first-order chi connectivity index (χ1) is 13.4. The van der Waals surface area contributed by atoms with Crippen molar-refractivity contribution in [2.75, 3.05) is 19.5 Å². The molecule has 0 saturated carbocycles. The molecule has 144 valence electrons. The molecule has 1 aromatic heterocycles. The van der Waals surface area contributed by atoms with Crippen LogP contribution in [0.25, 0.3) is 11.1 Å². The highest BCUT2D eigenvalue weighted by Gasteiger charge is 2.23. The summed E-state index contributed by atoms with van der Waals surface area (Å²) in [4.78, 5) is 25.2. The van der Waals surface area contributed by atoms with Gasteiger partial charge in [0.05, 0.1) is 19.8 Å². The Hall–Kier alpha value is -2.54. The van der Waals surface area contributed by atoms with E-state index in [-0.39, 0.29) is 11.1 Å². The molecule has 0 aliphatic carbocycles. The molecule has 2 aromatic carbocycles. The van der Waals surface area contributed by atoms with Crippen LogP contribution in [0.4, 0.5) is 5.00 Å². The van der Waals surface area contributed by atoms with Crippen molar-refractivity contribution >= 4 is 51.4 Å². The second kappa shape index (κ2) is 8.65. The lowest BCUT2D eigenvalue weighted by atomic mass is 10.0. The van der Waals surface area contributed by atoms with Crippen molar-refractivity contribution < 1.29 is 19.1 Å². The van der Waals surface area contributed by atoms with Gasteiger partial charge in [0.1, 0.15) is 16.3 Å². The molecule has 3 rings (SSSR count). The molecule has 1 amide bonds. The molecule has 0 saturated heterocycles. The number of carbonyl (C=O) groups is 2. The van der Waals surface area contributed by atoms with Crippen LogP contribution in [0.2, 0.25) is 10.0 Å². The summed E-state index contributed by atoms with van der Waals surface area (Å²) in [6.07, 6.45) is 0. The number of ether oxygens (including phenoxy) is 2. The molecular weight excluding hydrogens is 421 g/mol. The second-order valence-corrected chi connectivity index (χ2v) is 7.40. The molecule has 8 heteroatoms. The molecule has 1 N–H and O–H groups in total. The number of hydrogen-bond acceptors (Lipinski definition) is 5. The third-order valence-corrected chi connectivity index (χ3v) is 5.35. The Labute approximate surface area is 175 Å². The van der Waals surface area contributed by atoms with Gasteiger partial charge in [-0.3, -0.25) is 4.79 Å². The van der Waals surface area contributed by atoms with Gasteiger partial charge in [0.25, 0.3) is 5.91 Å². The number of hydrogen-bond donors (Lipinski definition) is 1. The van der Waals surface area contributed by atoms with Gasteiger partial charge in [-0.25, -0.2) is 4.79 Å². The maximum absolute atomic E-state index is 12.8. The standard InChI is InChI=1S/C20H15Cl2NO4S/c1-26-16-8-7-13(22)9-14(16)18(24)23-19-17(20(25)27-2)15(10-28-19)11-3-5-12(21)6-4-11/h3-10H,1-2H3,(H,23,24). The fourth-order valence-electron chi connectivity index (χ4n) is 2.62. The van der Waals surface area contributed by atoms with Gasteiger partial charge < -0.3 is 14.8 Å². The number of carbonyl (C=O) groups excluding carboxylic acids is 2. The van der Waals surface area contributed by atoms with E-state index in [1.807, 2.05) is 0 Å². The Morgan fingerprint density at radius 3 is 2.32 bits per heavy atom. The summed E-state index contributed by atoms with van der Waals surface area (Å²) in [5.41, 5.74) is 1.94. The van der Waals surface area contributed by atoms with Crippen molar-refractivity contribution in [3.05, 3.63) is 69.0 Å². The normalized spacial score (nSPS) is 10.4. The molecule has 0 radical (unpaired) electrons. The average molecular weight is 436 g/mol. The van der Waals surface area contributed by atoms with Crippen LogP contribution in [-0.4, -0.2) is 26.1 Å². The summed E-state index contributed by atoms with van der Waals surface area (Å²) in [5, 5.41) is 5.88. The summed E-state index contributed by atoms with van der Waals surface area (Å²) in [7, 11) is 2.75. The fraction of sp³-hybridized carbons (Fsp3) is 0.100. The second-order valence-electron chi connectivity index (χ2n) is 5.65. The SMILES string of the molecule is COC(=O)c1c(-c2ccc(Cl)cc2)csc1NC(=O)c1cc(Cl)ccc1OC. The van der Waals surface area contributed by atoms with Crippen LogP contribution in [0.1, 0.15) is 20.7 Å². The Morgan fingerprint density at radius 2 is 1.68 bits per heavy atom. The number of esters is 1. The molecule has 1 heterocycles. The van der Waals surface area contributed by atoms with E-state index < -0.39 is 11.9 Å². The van der Waals surface area contributed by atoms with Gasteiger partial charge in [0.2, 0.25) is 0 Å². The Kier molecular flexibility index (Phi) is 6.24. The Balaban J connectivity index is 2.01. The minimum absolute atomic E-state index is 0.257. The minimum Gasteiger partial charge on any atom is -0.496 e. The molecule has 0 atom stereocenters. The zero-order valence-corrected chi connectivity index (χ0v) is 17.2. The molecule has 0 aliphatic rings. The van der Waals surface area contributed by atoms with Crippen LogP contribution in [0.3, 0.4) is 0 Å². The smallest absolute Gasteiger partial charge is 0.341 e. The van der Waals surface area contributed by atoms with Crippen molar-refractivity contribution in [2.45, 2.75) is 0 Å². The highest BCUT2D eigenvalue weighted by molar-refractivity contribution is 7.15. The lowest BCUT2D eigenvalue weighted by Crippen LogP contribution is -2.15. The van der Waals surface area contributed by atoms with E-state index in [2.05, 4.69) is 5.32 Å². The zero-order valence-electron chi connectivity index (χ0n) is 14.9. The zero-order chi connectivity index (χ0) is 20.3. The molecule has 0 aliphatic heterocycles. The molecule has 3 aromatic rings. The Bertz CT molecular complexity index is 1030. The van der Waals surface area contributed by atoms with E-state index >= 15 is 0 Å². The van der Waals surface area contributed by atoms with Crippen molar-refractivity contribution in [2.24, 2.45) is 0 Å². The average Bonchev–Trinajstić information content (AvgIpc) is 3.11. The first-order valence-corrected chi connectivity index (χ1v) is 9.68. The van der Waals surface area contributed by atoms with Crippen LogP contribution >= 0.6 is 34.5 Å². The largest absolute Gasteiger partial charge is 0.496 e. The van der Waals surface area contributed by atoms with Crippen LogP contribution in [0.5, 0.6) is 5.75 Å². The van der Waals surface area contributed by atoms with Gasteiger partial charge in [0, 0.05) is 21.0 Å². The molecule has 28 heavy (non-hydrogen) atoms. The Morgan fingerprint density at radius 1 is 1.00 bits per heavy atom. The van der Waals surface area contributed by atoms with Crippen LogP contribution in [0, 0.1) is 0 Å². The molecule has 5 nitrogen and oxygen atoms in total. The summed E-state index contributed by atoms with van der Waals surface area (Å²) in [6.45, 7) is 0. The van der Waals surface area contributed by atoms with Crippen LogP contribution in [0.15, 0.2) is 47.8 Å². The third-order valence-electron chi connectivity index (χ3n) is 3.97. The summed E-state index contributed by atoms with van der Waals surface area (Å²) in [6, 6.07) is 11.8. The number of halogens is 2. The third kappa shape index (κ3) is 4.14. The van der Waals surface area contributed by atoms with Crippen molar-refractivity contribution in [1.29, 1.82) is 0 Å².